The van der Waals surface area contributed by atoms with Gasteiger partial charge >= 0.3 is 5.97 Å². The van der Waals surface area contributed by atoms with E-state index in [1.165, 1.54) is 44.1 Å². The molecular weight excluding hydrogens is 284 g/mol. The predicted octanol–water partition coefficient (Wildman–Crippen LogP) is 5.80. The van der Waals surface area contributed by atoms with Crippen molar-refractivity contribution in [1.29, 1.82) is 0 Å². The number of esters is 1. The Hall–Kier alpha value is -1.83. The van der Waals surface area contributed by atoms with E-state index in [9.17, 15) is 4.79 Å². The van der Waals surface area contributed by atoms with Crippen molar-refractivity contribution in [2.24, 2.45) is 0 Å². The van der Waals surface area contributed by atoms with E-state index < -0.39 is 0 Å². The molecule has 0 unspecified atom stereocenters. The molecule has 0 fully saturated rings. The van der Waals surface area contributed by atoms with Crippen LogP contribution in [-0.4, -0.2) is 5.97 Å². The molecule has 122 valence electrons. The highest BCUT2D eigenvalue weighted by atomic mass is 16.5. The monoisotopic (exact) mass is 310 g/mol. The SMILES string of the molecule is O=C1O/C(=C\c2ccccc2)C2=C1CCCCCCCCCC2. The standard InChI is InChI=1S/C21H26O2/c22-21-19-15-11-6-4-2-1-3-5-10-14-18(19)20(23-21)16-17-12-8-7-9-13-17/h7-9,12-13,16H,1-6,10-11,14-15H2/b20-16-. The predicted molar refractivity (Wildman–Crippen MR) is 93.7 cm³/mol. The Morgan fingerprint density at radius 2 is 1.30 bits per heavy atom. The first-order chi connectivity index (χ1) is 11.3. The minimum Gasteiger partial charge on any atom is -0.423 e. The molecule has 0 spiro atoms. The van der Waals surface area contributed by atoms with Crippen molar-refractivity contribution in [3.05, 3.63) is 52.8 Å². The topological polar surface area (TPSA) is 26.3 Å². The fourth-order valence-corrected chi connectivity index (χ4v) is 3.50. The Morgan fingerprint density at radius 1 is 0.739 bits per heavy atom. The van der Waals surface area contributed by atoms with Crippen molar-refractivity contribution >= 4 is 12.0 Å². The van der Waals surface area contributed by atoms with E-state index in [1.54, 1.807) is 0 Å². The summed E-state index contributed by atoms with van der Waals surface area (Å²) in [5, 5.41) is 0. The van der Waals surface area contributed by atoms with Crippen molar-refractivity contribution < 1.29 is 9.53 Å². The molecule has 1 heterocycles. The van der Waals surface area contributed by atoms with Crippen molar-refractivity contribution in [3.8, 4) is 0 Å². The van der Waals surface area contributed by atoms with Gasteiger partial charge in [0.15, 0.2) is 0 Å². The maximum absolute atomic E-state index is 12.3. The van der Waals surface area contributed by atoms with E-state index in [2.05, 4.69) is 12.1 Å². The molecule has 23 heavy (non-hydrogen) atoms. The number of benzene rings is 1. The number of rotatable bonds is 1. The fourth-order valence-electron chi connectivity index (χ4n) is 3.50. The van der Waals surface area contributed by atoms with E-state index in [1.807, 2.05) is 24.3 Å². The zero-order valence-electron chi connectivity index (χ0n) is 13.9. The summed E-state index contributed by atoms with van der Waals surface area (Å²) < 4.78 is 5.62. The lowest BCUT2D eigenvalue weighted by Gasteiger charge is -2.08. The van der Waals surface area contributed by atoms with Gasteiger partial charge in [-0.25, -0.2) is 4.79 Å². The van der Waals surface area contributed by atoms with Crippen LogP contribution in [0.4, 0.5) is 0 Å². The van der Waals surface area contributed by atoms with Gasteiger partial charge in [-0.2, -0.15) is 0 Å². The van der Waals surface area contributed by atoms with Crippen molar-refractivity contribution in [3.63, 3.8) is 0 Å². The molecule has 0 radical (unpaired) electrons. The molecule has 0 saturated carbocycles. The van der Waals surface area contributed by atoms with Crippen LogP contribution in [0.3, 0.4) is 0 Å². The first kappa shape index (κ1) is 16.0. The van der Waals surface area contributed by atoms with Crippen LogP contribution in [0.15, 0.2) is 47.2 Å². The highest BCUT2D eigenvalue weighted by molar-refractivity contribution is 5.95. The molecule has 3 rings (SSSR count). The van der Waals surface area contributed by atoms with Crippen molar-refractivity contribution in [1.82, 2.24) is 0 Å². The lowest BCUT2D eigenvalue weighted by molar-refractivity contribution is -0.133. The van der Waals surface area contributed by atoms with Gasteiger partial charge in [0.05, 0.1) is 0 Å². The van der Waals surface area contributed by atoms with Crippen LogP contribution >= 0.6 is 0 Å². The molecule has 0 N–H and O–H groups in total. The van der Waals surface area contributed by atoms with Crippen molar-refractivity contribution in [2.45, 2.75) is 64.2 Å². The summed E-state index contributed by atoms with van der Waals surface area (Å²) in [6.45, 7) is 0. The van der Waals surface area contributed by atoms with E-state index >= 15 is 0 Å². The van der Waals surface area contributed by atoms with Gasteiger partial charge < -0.3 is 4.74 Å². The van der Waals surface area contributed by atoms with E-state index in [0.29, 0.717) is 0 Å². The molecule has 1 aromatic rings. The first-order valence-electron chi connectivity index (χ1n) is 9.06. The quantitative estimate of drug-likeness (QED) is 0.613. The summed E-state index contributed by atoms with van der Waals surface area (Å²) in [4.78, 5) is 12.3. The van der Waals surface area contributed by atoms with Gasteiger partial charge in [-0.05, 0) is 37.3 Å². The molecule has 2 nitrogen and oxygen atoms in total. The molecule has 0 aromatic heterocycles. The molecule has 0 amide bonds. The van der Waals surface area contributed by atoms with E-state index in [-0.39, 0.29) is 5.97 Å². The highest BCUT2D eigenvalue weighted by Crippen LogP contribution is 2.35. The Labute approximate surface area is 139 Å². The highest BCUT2D eigenvalue weighted by Gasteiger charge is 2.28. The minimum absolute atomic E-state index is 0.112. The second-order valence-corrected chi connectivity index (χ2v) is 6.59. The summed E-state index contributed by atoms with van der Waals surface area (Å²) in [7, 11) is 0. The maximum Gasteiger partial charge on any atom is 0.339 e. The Balaban J connectivity index is 1.84. The van der Waals surface area contributed by atoms with Gasteiger partial charge in [0.1, 0.15) is 5.76 Å². The number of ether oxygens (including phenoxy) is 1. The lowest BCUT2D eigenvalue weighted by Crippen LogP contribution is -1.99. The molecule has 0 bridgehead atoms. The normalized spacial score (nSPS) is 22.3. The van der Waals surface area contributed by atoms with Crippen LogP contribution in [0.5, 0.6) is 0 Å². The molecule has 2 heteroatoms. The minimum atomic E-state index is -0.112. The van der Waals surface area contributed by atoms with Crippen LogP contribution < -0.4 is 0 Å². The third kappa shape index (κ3) is 4.34. The molecule has 1 aliphatic carbocycles. The molecule has 2 aliphatic rings. The van der Waals surface area contributed by atoms with Gasteiger partial charge in [-0.1, -0.05) is 68.9 Å². The number of carbonyl (C=O) groups is 1. The summed E-state index contributed by atoms with van der Waals surface area (Å²) in [6, 6.07) is 10.1. The largest absolute Gasteiger partial charge is 0.423 e. The Morgan fingerprint density at radius 3 is 1.96 bits per heavy atom. The second kappa shape index (κ2) is 8.14. The number of hydrogen-bond acceptors (Lipinski definition) is 2. The zero-order valence-corrected chi connectivity index (χ0v) is 13.9. The second-order valence-electron chi connectivity index (χ2n) is 6.59. The maximum atomic E-state index is 12.3. The summed E-state index contributed by atoms with van der Waals surface area (Å²) in [5.41, 5.74) is 3.20. The van der Waals surface area contributed by atoms with Crippen LogP contribution in [0.2, 0.25) is 0 Å². The summed E-state index contributed by atoms with van der Waals surface area (Å²) in [6.07, 6.45) is 13.9. The molecule has 0 atom stereocenters. The summed E-state index contributed by atoms with van der Waals surface area (Å²) >= 11 is 0. The lowest BCUT2D eigenvalue weighted by atomic mass is 9.95. The van der Waals surface area contributed by atoms with Crippen LogP contribution in [0.25, 0.3) is 6.08 Å². The van der Waals surface area contributed by atoms with Gasteiger partial charge in [0.25, 0.3) is 0 Å². The van der Waals surface area contributed by atoms with Crippen molar-refractivity contribution in [2.75, 3.05) is 0 Å². The summed E-state index contributed by atoms with van der Waals surface area (Å²) in [5.74, 6) is 0.674. The van der Waals surface area contributed by atoms with Gasteiger partial charge in [-0.3, -0.25) is 0 Å². The molecule has 1 aliphatic heterocycles. The average molecular weight is 310 g/mol. The van der Waals surface area contributed by atoms with Gasteiger partial charge in [-0.15, -0.1) is 0 Å². The van der Waals surface area contributed by atoms with Crippen LogP contribution in [0.1, 0.15) is 69.8 Å². The van der Waals surface area contributed by atoms with E-state index in [0.717, 1.165) is 42.6 Å². The Kier molecular flexibility index (Phi) is 5.68. The molecule has 0 saturated heterocycles. The third-order valence-corrected chi connectivity index (χ3v) is 4.81. The van der Waals surface area contributed by atoms with Gasteiger partial charge in [0, 0.05) is 11.1 Å². The molecular formula is C21H26O2. The number of hydrogen-bond donors (Lipinski definition) is 0. The number of carbonyl (C=O) groups excluding carboxylic acids is 1. The van der Waals surface area contributed by atoms with Crippen LogP contribution in [0, 0.1) is 0 Å². The number of cyclic esters (lactones) is 1. The first-order valence-corrected chi connectivity index (χ1v) is 9.06. The zero-order chi connectivity index (χ0) is 15.9. The van der Waals surface area contributed by atoms with E-state index in [4.69, 9.17) is 4.74 Å². The smallest absolute Gasteiger partial charge is 0.339 e. The average Bonchev–Trinajstić information content (AvgIpc) is 2.83. The molecule has 1 aromatic carbocycles. The Bertz CT molecular complexity index is 596. The fraction of sp³-hybridized carbons (Fsp3) is 0.476. The van der Waals surface area contributed by atoms with Crippen LogP contribution in [-0.2, 0) is 9.53 Å². The number of allylic oxidation sites excluding steroid dienone is 1. The van der Waals surface area contributed by atoms with Gasteiger partial charge in [0.2, 0.25) is 0 Å². The third-order valence-electron chi connectivity index (χ3n) is 4.81.